The van der Waals surface area contributed by atoms with Gasteiger partial charge in [-0.1, -0.05) is 52.4 Å². The second-order valence-corrected chi connectivity index (χ2v) is 5.28. The van der Waals surface area contributed by atoms with Crippen molar-refractivity contribution in [3.8, 4) is 0 Å². The van der Waals surface area contributed by atoms with Gasteiger partial charge in [0.1, 0.15) is 0 Å². The van der Waals surface area contributed by atoms with Crippen LogP contribution in [0.5, 0.6) is 0 Å². The van der Waals surface area contributed by atoms with Gasteiger partial charge < -0.3 is 0 Å². The van der Waals surface area contributed by atoms with Crippen LogP contribution < -0.4 is 0 Å². The van der Waals surface area contributed by atoms with Crippen LogP contribution in [0.15, 0.2) is 12.2 Å². The standard InChI is InChI=1S/C15H25NO2/c1-3-4-5-6-7-8-9-13(2)12-16-14(17)10-11-15(16)18/h10-11,13H,3-9,12H2,1-2H3. The largest absolute Gasteiger partial charge is 0.275 e. The van der Waals surface area contributed by atoms with Gasteiger partial charge in [0.15, 0.2) is 0 Å². The molecule has 0 aliphatic carbocycles. The van der Waals surface area contributed by atoms with Crippen molar-refractivity contribution in [1.82, 2.24) is 4.90 Å². The summed E-state index contributed by atoms with van der Waals surface area (Å²) in [7, 11) is 0. The molecule has 0 aromatic carbocycles. The Morgan fingerprint density at radius 1 is 1.00 bits per heavy atom. The smallest absolute Gasteiger partial charge is 0.253 e. The molecule has 18 heavy (non-hydrogen) atoms. The predicted molar refractivity (Wildman–Crippen MR) is 73.0 cm³/mol. The zero-order valence-electron chi connectivity index (χ0n) is 11.7. The summed E-state index contributed by atoms with van der Waals surface area (Å²) < 4.78 is 0. The van der Waals surface area contributed by atoms with Crippen molar-refractivity contribution in [1.29, 1.82) is 0 Å². The van der Waals surface area contributed by atoms with Gasteiger partial charge in [-0.25, -0.2) is 0 Å². The first-order chi connectivity index (χ1) is 8.65. The fraction of sp³-hybridized carbons (Fsp3) is 0.733. The van der Waals surface area contributed by atoms with Gasteiger partial charge in [-0.05, 0) is 12.3 Å². The molecular weight excluding hydrogens is 226 g/mol. The molecule has 1 rings (SSSR count). The maximum atomic E-state index is 11.4. The summed E-state index contributed by atoms with van der Waals surface area (Å²) in [6, 6.07) is 0. The number of amides is 2. The van der Waals surface area contributed by atoms with Crippen LogP contribution in [0.1, 0.15) is 58.8 Å². The Balaban J connectivity index is 2.09. The van der Waals surface area contributed by atoms with E-state index in [9.17, 15) is 9.59 Å². The number of imide groups is 1. The van der Waals surface area contributed by atoms with E-state index < -0.39 is 0 Å². The Labute approximate surface area is 110 Å². The van der Waals surface area contributed by atoms with Gasteiger partial charge in [-0.3, -0.25) is 14.5 Å². The summed E-state index contributed by atoms with van der Waals surface area (Å²) in [5.41, 5.74) is 0. The minimum absolute atomic E-state index is 0.158. The first-order valence-corrected chi connectivity index (χ1v) is 7.18. The Bertz CT molecular complexity index is 292. The lowest BCUT2D eigenvalue weighted by Crippen LogP contribution is -2.34. The lowest BCUT2D eigenvalue weighted by Gasteiger charge is -2.19. The van der Waals surface area contributed by atoms with Gasteiger partial charge in [-0.2, -0.15) is 0 Å². The van der Waals surface area contributed by atoms with Crippen LogP contribution in [0.2, 0.25) is 0 Å². The highest BCUT2D eigenvalue weighted by molar-refractivity contribution is 6.12. The minimum atomic E-state index is -0.158. The SMILES string of the molecule is CCCCCCCCC(C)CN1C(=O)C=CC1=O. The Hall–Kier alpha value is -1.12. The van der Waals surface area contributed by atoms with Crippen LogP contribution in [0.3, 0.4) is 0 Å². The second-order valence-electron chi connectivity index (χ2n) is 5.28. The van der Waals surface area contributed by atoms with E-state index in [0.717, 1.165) is 6.42 Å². The molecule has 3 nitrogen and oxygen atoms in total. The number of nitrogens with zero attached hydrogens (tertiary/aromatic N) is 1. The predicted octanol–water partition coefficient (Wildman–Crippen LogP) is 3.30. The van der Waals surface area contributed by atoms with Crippen molar-refractivity contribution in [2.24, 2.45) is 5.92 Å². The van der Waals surface area contributed by atoms with Crippen molar-refractivity contribution in [2.45, 2.75) is 58.8 Å². The van der Waals surface area contributed by atoms with Gasteiger partial charge in [-0.15, -0.1) is 0 Å². The third kappa shape index (κ3) is 5.03. The first kappa shape index (κ1) is 14.9. The average Bonchev–Trinajstić information content (AvgIpc) is 2.65. The maximum absolute atomic E-state index is 11.4. The third-order valence-electron chi connectivity index (χ3n) is 3.45. The average molecular weight is 251 g/mol. The molecule has 1 aliphatic heterocycles. The minimum Gasteiger partial charge on any atom is -0.275 e. The molecule has 0 radical (unpaired) electrons. The van der Waals surface area contributed by atoms with Gasteiger partial charge in [0.2, 0.25) is 0 Å². The van der Waals surface area contributed by atoms with E-state index in [1.165, 1.54) is 55.6 Å². The number of unbranched alkanes of at least 4 members (excludes halogenated alkanes) is 5. The van der Waals surface area contributed by atoms with Gasteiger partial charge in [0, 0.05) is 18.7 Å². The van der Waals surface area contributed by atoms with E-state index in [4.69, 9.17) is 0 Å². The molecule has 1 heterocycles. The van der Waals surface area contributed by atoms with E-state index in [1.807, 2.05) is 0 Å². The maximum Gasteiger partial charge on any atom is 0.253 e. The molecule has 0 saturated carbocycles. The van der Waals surface area contributed by atoms with Gasteiger partial charge >= 0.3 is 0 Å². The molecule has 3 heteroatoms. The van der Waals surface area contributed by atoms with E-state index in [2.05, 4.69) is 13.8 Å². The molecule has 102 valence electrons. The topological polar surface area (TPSA) is 37.4 Å². The molecule has 0 saturated heterocycles. The fourth-order valence-electron chi connectivity index (χ4n) is 2.29. The fourth-order valence-corrected chi connectivity index (χ4v) is 2.29. The molecule has 0 aromatic heterocycles. The van der Waals surface area contributed by atoms with Gasteiger partial charge in [0.05, 0.1) is 0 Å². The van der Waals surface area contributed by atoms with Crippen LogP contribution >= 0.6 is 0 Å². The Kier molecular flexibility index (Phi) is 6.69. The van der Waals surface area contributed by atoms with E-state index in [1.54, 1.807) is 0 Å². The summed E-state index contributed by atoms with van der Waals surface area (Å²) in [4.78, 5) is 24.1. The van der Waals surface area contributed by atoms with Crippen molar-refractivity contribution in [2.75, 3.05) is 6.54 Å². The van der Waals surface area contributed by atoms with Crippen molar-refractivity contribution >= 4 is 11.8 Å². The molecule has 1 unspecified atom stereocenters. The highest BCUT2D eigenvalue weighted by Crippen LogP contribution is 2.15. The first-order valence-electron chi connectivity index (χ1n) is 7.18. The van der Waals surface area contributed by atoms with E-state index >= 15 is 0 Å². The molecule has 0 N–H and O–H groups in total. The van der Waals surface area contributed by atoms with Gasteiger partial charge in [0.25, 0.3) is 11.8 Å². The highest BCUT2D eigenvalue weighted by atomic mass is 16.2. The summed E-state index contributed by atoms with van der Waals surface area (Å²) in [5.74, 6) is 0.0913. The molecule has 0 bridgehead atoms. The molecule has 0 spiro atoms. The number of hydrogen-bond acceptors (Lipinski definition) is 2. The number of carbonyl (C=O) groups excluding carboxylic acids is 2. The molecule has 2 amide bonds. The molecule has 0 fully saturated rings. The molecule has 1 atom stereocenters. The third-order valence-corrected chi connectivity index (χ3v) is 3.45. The van der Waals surface area contributed by atoms with Crippen LogP contribution in [0, 0.1) is 5.92 Å². The van der Waals surface area contributed by atoms with Crippen LogP contribution in [-0.4, -0.2) is 23.3 Å². The lowest BCUT2D eigenvalue weighted by molar-refractivity contribution is -0.137. The number of carbonyl (C=O) groups is 2. The van der Waals surface area contributed by atoms with Crippen LogP contribution in [-0.2, 0) is 9.59 Å². The van der Waals surface area contributed by atoms with Crippen molar-refractivity contribution < 1.29 is 9.59 Å². The highest BCUT2D eigenvalue weighted by Gasteiger charge is 2.24. The quantitative estimate of drug-likeness (QED) is 0.466. The van der Waals surface area contributed by atoms with Crippen molar-refractivity contribution in [3.05, 3.63) is 12.2 Å². The van der Waals surface area contributed by atoms with E-state index in [0.29, 0.717) is 12.5 Å². The summed E-state index contributed by atoms with van der Waals surface area (Å²) in [5, 5.41) is 0. The van der Waals surface area contributed by atoms with E-state index in [-0.39, 0.29) is 11.8 Å². The van der Waals surface area contributed by atoms with Crippen LogP contribution in [0.4, 0.5) is 0 Å². The Morgan fingerprint density at radius 3 is 2.17 bits per heavy atom. The number of rotatable bonds is 9. The second kappa shape index (κ2) is 8.06. The monoisotopic (exact) mass is 251 g/mol. The summed E-state index contributed by atoms with van der Waals surface area (Å²) in [6.45, 7) is 4.91. The normalized spacial score (nSPS) is 16.7. The lowest BCUT2D eigenvalue weighted by atomic mass is 10.0. The molecular formula is C15H25NO2. The van der Waals surface area contributed by atoms with Crippen molar-refractivity contribution in [3.63, 3.8) is 0 Å². The summed E-state index contributed by atoms with van der Waals surface area (Å²) >= 11 is 0. The van der Waals surface area contributed by atoms with Crippen LogP contribution in [0.25, 0.3) is 0 Å². The summed E-state index contributed by atoms with van der Waals surface area (Å²) in [6.07, 6.45) is 11.5. The number of hydrogen-bond donors (Lipinski definition) is 0. The molecule has 1 aliphatic rings. The Morgan fingerprint density at radius 2 is 1.56 bits per heavy atom. The molecule has 0 aromatic rings. The zero-order valence-corrected chi connectivity index (χ0v) is 11.7. The zero-order chi connectivity index (χ0) is 13.4.